The number of guanidine groups is 1. The summed E-state index contributed by atoms with van der Waals surface area (Å²) in [5.74, 6) is -0.782. The van der Waals surface area contributed by atoms with Gasteiger partial charge in [-0.3, -0.25) is 9.98 Å². The molecular formula is C26H29ClFN7O2. The van der Waals surface area contributed by atoms with Crippen molar-refractivity contribution >= 4 is 28.6 Å². The van der Waals surface area contributed by atoms with Gasteiger partial charge in [0.2, 0.25) is 0 Å². The number of hydrogen-bond donors (Lipinski definition) is 6. The van der Waals surface area contributed by atoms with E-state index >= 15 is 0 Å². The van der Waals surface area contributed by atoms with E-state index in [4.69, 9.17) is 28.5 Å². The van der Waals surface area contributed by atoms with Gasteiger partial charge < -0.3 is 26.9 Å². The van der Waals surface area contributed by atoms with Gasteiger partial charge in [0.05, 0.1) is 22.5 Å². The Balaban J connectivity index is 1.63. The van der Waals surface area contributed by atoms with E-state index in [2.05, 4.69) is 15.3 Å². The average Bonchev–Trinajstić information content (AvgIpc) is 3.26. The number of aromatic nitrogens is 3. The normalized spacial score (nSPS) is 13.0. The molecule has 37 heavy (non-hydrogen) atoms. The van der Waals surface area contributed by atoms with Crippen LogP contribution in [0.2, 0.25) is 5.02 Å². The molecule has 4 aromatic rings. The molecular weight excluding hydrogens is 497 g/mol. The Labute approximate surface area is 217 Å². The fourth-order valence-electron chi connectivity index (χ4n) is 4.12. The molecule has 4 rings (SSSR count). The first kappa shape index (κ1) is 26.3. The van der Waals surface area contributed by atoms with Crippen molar-refractivity contribution in [2.75, 3.05) is 6.54 Å². The van der Waals surface area contributed by atoms with E-state index in [1.165, 1.54) is 4.57 Å². The van der Waals surface area contributed by atoms with Gasteiger partial charge in [0.25, 0.3) is 0 Å². The van der Waals surface area contributed by atoms with Crippen LogP contribution in [0.5, 0.6) is 0 Å². The molecule has 9 nitrogen and oxygen atoms in total. The highest BCUT2D eigenvalue weighted by molar-refractivity contribution is 6.31. The van der Waals surface area contributed by atoms with Crippen molar-refractivity contribution < 1.29 is 9.50 Å². The standard InChI is InChI=1S/C26H29ClFN7O2/c1-14(29)3-2-4-15-9-19(23(28)20(27)10-15)21-11-17-13-35(26(37)34-24(17)33-21)18-7-5-16(6-8-18)22(36)12-32-25(30)31/h5-11,13-14,22,36H,2-4,12,29H2,1H3,(H4,30,31,32)(H,33,34,37)/t14-,22?/m0/s1. The predicted octanol–water partition coefficient (Wildman–Crippen LogP) is 3.36. The molecule has 0 saturated heterocycles. The second kappa shape index (κ2) is 11.1. The summed E-state index contributed by atoms with van der Waals surface area (Å²) < 4.78 is 16.3. The Kier molecular flexibility index (Phi) is 7.91. The number of aryl methyl sites for hydroxylation is 1. The summed E-state index contributed by atoms with van der Waals surface area (Å²) >= 11 is 6.19. The van der Waals surface area contributed by atoms with Crippen LogP contribution in [0.4, 0.5) is 4.39 Å². The van der Waals surface area contributed by atoms with Crippen LogP contribution < -0.4 is 22.5 Å². The second-order valence-corrected chi connectivity index (χ2v) is 9.50. The Bertz CT molecular complexity index is 1480. The molecule has 0 radical (unpaired) electrons. The molecule has 0 saturated carbocycles. The van der Waals surface area contributed by atoms with Crippen LogP contribution in [-0.4, -0.2) is 38.2 Å². The molecule has 0 fully saturated rings. The van der Waals surface area contributed by atoms with E-state index in [0.717, 1.165) is 18.4 Å². The highest BCUT2D eigenvalue weighted by Crippen LogP contribution is 2.31. The minimum absolute atomic E-state index is 0.0280. The minimum atomic E-state index is -0.876. The lowest BCUT2D eigenvalue weighted by molar-refractivity contribution is 0.181. The highest BCUT2D eigenvalue weighted by atomic mass is 35.5. The Morgan fingerprint density at radius 3 is 2.70 bits per heavy atom. The molecule has 0 aliphatic heterocycles. The Hall–Kier alpha value is -3.73. The lowest BCUT2D eigenvalue weighted by Gasteiger charge is -2.13. The van der Waals surface area contributed by atoms with Gasteiger partial charge in [-0.1, -0.05) is 23.7 Å². The van der Waals surface area contributed by atoms with Crippen molar-refractivity contribution in [2.45, 2.75) is 38.3 Å². The van der Waals surface area contributed by atoms with Crippen LogP contribution in [0.25, 0.3) is 28.0 Å². The number of nitrogens with one attached hydrogen (secondary N) is 3. The molecule has 11 heteroatoms. The zero-order valence-electron chi connectivity index (χ0n) is 20.3. The first-order chi connectivity index (χ1) is 17.6. The number of aliphatic hydroxyl groups is 1. The lowest BCUT2D eigenvalue weighted by atomic mass is 10.0. The molecule has 2 aromatic carbocycles. The van der Waals surface area contributed by atoms with Crippen molar-refractivity contribution in [3.05, 3.63) is 81.1 Å². The van der Waals surface area contributed by atoms with Crippen LogP contribution in [0.15, 0.2) is 53.5 Å². The van der Waals surface area contributed by atoms with Crippen molar-refractivity contribution in [3.63, 3.8) is 0 Å². The van der Waals surface area contributed by atoms with Crippen LogP contribution in [0.1, 0.15) is 37.0 Å². The van der Waals surface area contributed by atoms with Crippen molar-refractivity contribution in [2.24, 2.45) is 11.5 Å². The predicted molar refractivity (Wildman–Crippen MR) is 144 cm³/mol. The van der Waals surface area contributed by atoms with E-state index in [9.17, 15) is 14.3 Å². The fourth-order valence-corrected chi connectivity index (χ4v) is 4.36. The number of benzene rings is 2. The summed E-state index contributed by atoms with van der Waals surface area (Å²) in [6.45, 7) is 2.03. The van der Waals surface area contributed by atoms with Crippen LogP contribution in [0, 0.1) is 11.2 Å². The molecule has 1 unspecified atom stereocenters. The molecule has 2 heterocycles. The monoisotopic (exact) mass is 525 g/mol. The summed E-state index contributed by atoms with van der Waals surface area (Å²) in [4.78, 5) is 19.9. The van der Waals surface area contributed by atoms with Gasteiger partial charge in [-0.2, -0.15) is 4.98 Å². The van der Waals surface area contributed by atoms with E-state index < -0.39 is 17.6 Å². The average molecular weight is 526 g/mol. The molecule has 0 spiro atoms. The molecule has 0 aliphatic carbocycles. The van der Waals surface area contributed by atoms with Gasteiger partial charge in [0, 0.05) is 29.7 Å². The van der Waals surface area contributed by atoms with E-state index in [1.807, 2.05) is 6.92 Å². The first-order valence-corrected chi connectivity index (χ1v) is 12.2. The summed E-state index contributed by atoms with van der Waals surface area (Å²) in [6, 6.07) is 11.9. The van der Waals surface area contributed by atoms with Gasteiger partial charge in [0.15, 0.2) is 11.8 Å². The minimum Gasteiger partial charge on any atom is -0.387 e. The molecule has 0 aliphatic rings. The Morgan fingerprint density at radius 1 is 1.30 bits per heavy atom. The molecule has 0 bridgehead atoms. The molecule has 194 valence electrons. The maximum absolute atomic E-state index is 15.0. The molecule has 8 N–H and O–H groups in total. The largest absolute Gasteiger partial charge is 0.387 e. The zero-order chi connectivity index (χ0) is 26.7. The summed E-state index contributed by atoms with van der Waals surface area (Å²) in [6.07, 6.45) is 3.17. The molecule has 2 aromatic heterocycles. The Morgan fingerprint density at radius 2 is 2.03 bits per heavy atom. The van der Waals surface area contributed by atoms with Gasteiger partial charge in [-0.05, 0) is 67.6 Å². The number of aliphatic hydroxyl groups excluding tert-OH is 1. The van der Waals surface area contributed by atoms with E-state index in [1.54, 1.807) is 48.7 Å². The van der Waals surface area contributed by atoms with Gasteiger partial charge in [-0.25, -0.2) is 9.18 Å². The summed E-state index contributed by atoms with van der Waals surface area (Å²) in [5, 5.41) is 20.6. The zero-order valence-corrected chi connectivity index (χ0v) is 21.0. The number of halogens is 2. The van der Waals surface area contributed by atoms with E-state index in [-0.39, 0.29) is 23.6 Å². The second-order valence-electron chi connectivity index (χ2n) is 9.09. The number of rotatable bonds is 9. The van der Waals surface area contributed by atoms with Gasteiger partial charge >= 0.3 is 5.69 Å². The van der Waals surface area contributed by atoms with Crippen molar-refractivity contribution in [1.82, 2.24) is 19.9 Å². The number of hydrogen-bond acceptors (Lipinski definition) is 5. The molecule has 2 atom stereocenters. The quantitative estimate of drug-likeness (QED) is 0.145. The maximum Gasteiger partial charge on any atom is 0.354 e. The first-order valence-electron chi connectivity index (χ1n) is 11.8. The summed E-state index contributed by atoms with van der Waals surface area (Å²) in [5.41, 5.74) is 13.7. The number of nitrogens with zero attached hydrogens (tertiary/aromatic N) is 2. The van der Waals surface area contributed by atoms with Crippen LogP contribution >= 0.6 is 11.6 Å². The number of nitrogens with two attached hydrogens (primary N) is 2. The third-order valence-electron chi connectivity index (χ3n) is 6.05. The third kappa shape index (κ3) is 6.16. The summed E-state index contributed by atoms with van der Waals surface area (Å²) in [7, 11) is 0. The molecule has 0 amide bonds. The van der Waals surface area contributed by atoms with Gasteiger partial charge in [-0.15, -0.1) is 0 Å². The van der Waals surface area contributed by atoms with Crippen molar-refractivity contribution in [3.8, 4) is 16.9 Å². The topological polar surface area (TPSA) is 159 Å². The number of aromatic amines is 1. The van der Waals surface area contributed by atoms with Gasteiger partial charge in [0.1, 0.15) is 5.65 Å². The van der Waals surface area contributed by atoms with Crippen LogP contribution in [-0.2, 0) is 6.42 Å². The lowest BCUT2D eigenvalue weighted by Crippen LogP contribution is -2.33. The van der Waals surface area contributed by atoms with E-state index in [0.29, 0.717) is 40.0 Å². The SMILES string of the molecule is C[C@H](N)CCCc1cc(Cl)c(F)c(-c2cc3cn(-c4ccc(C(O)CNC(=N)N)cc4)c(=O)nc3[nH]2)c1. The highest BCUT2D eigenvalue weighted by Gasteiger charge is 2.16. The number of H-pyrrole nitrogens is 1. The third-order valence-corrected chi connectivity index (χ3v) is 6.33. The maximum atomic E-state index is 15.0. The van der Waals surface area contributed by atoms with Crippen molar-refractivity contribution in [1.29, 1.82) is 5.41 Å². The number of fused-ring (bicyclic) bond motifs is 1. The van der Waals surface area contributed by atoms with Crippen LogP contribution in [0.3, 0.4) is 0 Å². The fraction of sp³-hybridized carbons (Fsp3) is 0.269. The smallest absolute Gasteiger partial charge is 0.354 e.